The monoisotopic (exact) mass is 195 g/mol. The number of rotatable bonds is 1. The van der Waals surface area contributed by atoms with Gasteiger partial charge in [-0.25, -0.2) is 9.59 Å². The van der Waals surface area contributed by atoms with Crippen LogP contribution in [0.25, 0.3) is 0 Å². The van der Waals surface area contributed by atoms with Gasteiger partial charge in [0.15, 0.2) is 0 Å². The zero-order chi connectivity index (χ0) is 10.4. The maximum absolute atomic E-state index is 10.9. The number of para-hydroxylation sites is 1. The standard InChI is InChI=1S/C9H9NO4/c1-13-9(12)14-8(11)10-7-5-3-2-4-6-7/h2-6H,1H3,(H,10,11). The lowest BCUT2D eigenvalue weighted by molar-refractivity contribution is 0.0976. The van der Waals surface area contributed by atoms with Gasteiger partial charge in [0.1, 0.15) is 0 Å². The summed E-state index contributed by atoms with van der Waals surface area (Å²) in [6, 6.07) is 8.62. The Morgan fingerprint density at radius 3 is 2.43 bits per heavy atom. The van der Waals surface area contributed by atoms with Crippen LogP contribution in [0.3, 0.4) is 0 Å². The zero-order valence-corrected chi connectivity index (χ0v) is 7.52. The Labute approximate surface area is 80.6 Å². The topological polar surface area (TPSA) is 64.6 Å². The fraction of sp³-hybridized carbons (Fsp3) is 0.111. The molecule has 0 aromatic heterocycles. The third kappa shape index (κ3) is 3.14. The van der Waals surface area contributed by atoms with Crippen LogP contribution in [-0.2, 0) is 9.47 Å². The van der Waals surface area contributed by atoms with Crippen LogP contribution in [0.2, 0.25) is 0 Å². The van der Waals surface area contributed by atoms with Crippen molar-refractivity contribution in [1.29, 1.82) is 0 Å². The number of carbonyl (C=O) groups is 2. The summed E-state index contributed by atoms with van der Waals surface area (Å²) in [7, 11) is 1.12. The van der Waals surface area contributed by atoms with Crippen LogP contribution in [-0.4, -0.2) is 19.4 Å². The molecule has 1 N–H and O–H groups in total. The van der Waals surface area contributed by atoms with E-state index in [4.69, 9.17) is 0 Å². The summed E-state index contributed by atoms with van der Waals surface area (Å²) in [6.07, 6.45) is -1.92. The second-order valence-corrected chi connectivity index (χ2v) is 2.33. The average molecular weight is 195 g/mol. The van der Waals surface area contributed by atoms with Crippen molar-refractivity contribution in [1.82, 2.24) is 0 Å². The average Bonchev–Trinajstić information content (AvgIpc) is 2.19. The molecule has 1 aromatic rings. The third-order valence-corrected chi connectivity index (χ3v) is 1.36. The smallest absolute Gasteiger partial charge is 0.437 e. The van der Waals surface area contributed by atoms with Crippen LogP contribution < -0.4 is 5.32 Å². The molecule has 1 rings (SSSR count). The Bertz CT molecular complexity index is 323. The zero-order valence-electron chi connectivity index (χ0n) is 7.52. The molecule has 0 saturated carbocycles. The van der Waals surface area contributed by atoms with Crippen molar-refractivity contribution in [2.24, 2.45) is 0 Å². The molecular weight excluding hydrogens is 186 g/mol. The molecule has 1 amide bonds. The molecule has 0 aliphatic carbocycles. The third-order valence-electron chi connectivity index (χ3n) is 1.36. The number of hydrogen-bond donors (Lipinski definition) is 1. The Hall–Kier alpha value is -2.04. The van der Waals surface area contributed by atoms with E-state index in [1.54, 1.807) is 30.3 Å². The van der Waals surface area contributed by atoms with Gasteiger partial charge in [0.25, 0.3) is 0 Å². The summed E-state index contributed by atoms with van der Waals surface area (Å²) in [5, 5.41) is 2.35. The second kappa shape index (κ2) is 4.86. The largest absolute Gasteiger partial charge is 0.517 e. The van der Waals surface area contributed by atoms with E-state index in [0.29, 0.717) is 5.69 Å². The van der Waals surface area contributed by atoms with Gasteiger partial charge in [0.2, 0.25) is 0 Å². The van der Waals surface area contributed by atoms with Crippen molar-refractivity contribution in [2.45, 2.75) is 0 Å². The molecule has 0 atom stereocenters. The minimum absolute atomic E-state index is 0.543. The predicted octanol–water partition coefficient (Wildman–Crippen LogP) is 2.00. The van der Waals surface area contributed by atoms with E-state index >= 15 is 0 Å². The minimum Gasteiger partial charge on any atom is -0.437 e. The molecule has 0 aliphatic rings. The normalized spacial score (nSPS) is 8.93. The number of methoxy groups -OCH3 is 1. The van der Waals surface area contributed by atoms with Crippen LogP contribution >= 0.6 is 0 Å². The molecule has 0 aliphatic heterocycles. The fourth-order valence-corrected chi connectivity index (χ4v) is 0.782. The first-order valence-corrected chi connectivity index (χ1v) is 3.84. The minimum atomic E-state index is -1.04. The van der Waals surface area contributed by atoms with Gasteiger partial charge in [-0.2, -0.15) is 0 Å². The summed E-state index contributed by atoms with van der Waals surface area (Å²) in [5.41, 5.74) is 0.543. The first-order chi connectivity index (χ1) is 6.72. The quantitative estimate of drug-likeness (QED) is 0.549. The molecule has 0 fully saturated rings. The fourth-order valence-electron chi connectivity index (χ4n) is 0.782. The van der Waals surface area contributed by atoms with Crippen LogP contribution in [0.15, 0.2) is 30.3 Å². The molecule has 1 aromatic carbocycles. The number of amides is 1. The Morgan fingerprint density at radius 1 is 1.21 bits per heavy atom. The number of carbonyl (C=O) groups excluding carboxylic acids is 2. The lowest BCUT2D eigenvalue weighted by atomic mass is 10.3. The van der Waals surface area contributed by atoms with Crippen LogP contribution in [0.1, 0.15) is 0 Å². The summed E-state index contributed by atoms with van der Waals surface area (Å²) in [5.74, 6) is 0. The highest BCUT2D eigenvalue weighted by molar-refractivity contribution is 5.90. The van der Waals surface area contributed by atoms with E-state index in [9.17, 15) is 9.59 Å². The maximum atomic E-state index is 10.9. The van der Waals surface area contributed by atoms with E-state index in [1.807, 2.05) is 0 Å². The highest BCUT2D eigenvalue weighted by Crippen LogP contribution is 2.05. The maximum Gasteiger partial charge on any atom is 0.517 e. The number of hydrogen-bond acceptors (Lipinski definition) is 4. The molecule has 5 nitrogen and oxygen atoms in total. The van der Waals surface area contributed by atoms with Gasteiger partial charge in [-0.3, -0.25) is 5.32 Å². The van der Waals surface area contributed by atoms with Crippen molar-refractivity contribution in [3.8, 4) is 0 Å². The summed E-state index contributed by atoms with van der Waals surface area (Å²) in [6.45, 7) is 0. The van der Waals surface area contributed by atoms with Gasteiger partial charge in [-0.15, -0.1) is 0 Å². The number of anilines is 1. The molecule has 0 heterocycles. The Morgan fingerprint density at radius 2 is 1.86 bits per heavy atom. The van der Waals surface area contributed by atoms with Crippen molar-refractivity contribution >= 4 is 17.9 Å². The Balaban J connectivity index is 2.46. The first kappa shape index (κ1) is 10.0. The molecule has 0 unspecified atom stereocenters. The number of nitrogens with one attached hydrogen (secondary N) is 1. The first-order valence-electron chi connectivity index (χ1n) is 3.84. The molecule has 0 bridgehead atoms. The Kier molecular flexibility index (Phi) is 3.49. The lowest BCUT2D eigenvalue weighted by Gasteiger charge is -2.03. The van der Waals surface area contributed by atoms with Crippen molar-refractivity contribution < 1.29 is 19.1 Å². The van der Waals surface area contributed by atoms with E-state index in [1.165, 1.54) is 0 Å². The summed E-state index contributed by atoms with van der Waals surface area (Å²) < 4.78 is 8.33. The van der Waals surface area contributed by atoms with Crippen LogP contribution in [0, 0.1) is 0 Å². The summed E-state index contributed by atoms with van der Waals surface area (Å²) in [4.78, 5) is 21.5. The molecular formula is C9H9NO4. The number of benzene rings is 1. The van der Waals surface area contributed by atoms with E-state index in [-0.39, 0.29) is 0 Å². The number of ether oxygens (including phenoxy) is 2. The van der Waals surface area contributed by atoms with Crippen molar-refractivity contribution in [3.63, 3.8) is 0 Å². The lowest BCUT2D eigenvalue weighted by Crippen LogP contribution is -2.18. The highest BCUT2D eigenvalue weighted by atomic mass is 16.7. The molecule has 14 heavy (non-hydrogen) atoms. The molecule has 0 radical (unpaired) electrons. The molecule has 74 valence electrons. The highest BCUT2D eigenvalue weighted by Gasteiger charge is 2.09. The predicted molar refractivity (Wildman–Crippen MR) is 49.0 cm³/mol. The molecule has 5 heteroatoms. The molecule has 0 saturated heterocycles. The SMILES string of the molecule is COC(=O)OC(=O)Nc1ccccc1. The van der Waals surface area contributed by atoms with Crippen LogP contribution in [0.4, 0.5) is 15.3 Å². The van der Waals surface area contributed by atoms with E-state index in [2.05, 4.69) is 14.8 Å². The van der Waals surface area contributed by atoms with Gasteiger partial charge < -0.3 is 9.47 Å². The van der Waals surface area contributed by atoms with Gasteiger partial charge in [0.05, 0.1) is 7.11 Å². The van der Waals surface area contributed by atoms with E-state index in [0.717, 1.165) is 7.11 Å². The van der Waals surface area contributed by atoms with E-state index < -0.39 is 12.2 Å². The van der Waals surface area contributed by atoms with Gasteiger partial charge in [0, 0.05) is 5.69 Å². The summed E-state index contributed by atoms with van der Waals surface area (Å²) >= 11 is 0. The van der Waals surface area contributed by atoms with Gasteiger partial charge >= 0.3 is 12.2 Å². The van der Waals surface area contributed by atoms with Gasteiger partial charge in [-0.05, 0) is 12.1 Å². The molecule has 0 spiro atoms. The van der Waals surface area contributed by atoms with Crippen molar-refractivity contribution in [2.75, 3.05) is 12.4 Å². The second-order valence-electron chi connectivity index (χ2n) is 2.33. The van der Waals surface area contributed by atoms with Gasteiger partial charge in [-0.1, -0.05) is 18.2 Å². The van der Waals surface area contributed by atoms with Crippen molar-refractivity contribution in [3.05, 3.63) is 30.3 Å². The van der Waals surface area contributed by atoms with Crippen LogP contribution in [0.5, 0.6) is 0 Å².